The molecule has 9 rings (SSSR count). The molecule has 8 heteroatoms. The van der Waals surface area contributed by atoms with Gasteiger partial charge in [-0.1, -0.05) is 97.1 Å². The maximum absolute atomic E-state index is 14.6. The number of benzene rings is 4. The van der Waals surface area contributed by atoms with Crippen molar-refractivity contribution in [3.05, 3.63) is 166 Å². The molecule has 0 amide bonds. The fourth-order valence-corrected chi connectivity index (χ4v) is 7.53. The quantitative estimate of drug-likeness (QED) is 0.214. The van der Waals surface area contributed by atoms with E-state index in [0.29, 0.717) is 22.3 Å². The molecule has 6 atom stereocenters. The van der Waals surface area contributed by atoms with Crippen molar-refractivity contribution in [1.29, 1.82) is 0 Å². The van der Waals surface area contributed by atoms with E-state index in [2.05, 4.69) is 4.98 Å². The molecule has 1 aromatic heterocycles. The minimum absolute atomic E-state index is 0. The third kappa shape index (κ3) is 4.18. The van der Waals surface area contributed by atoms with Crippen molar-refractivity contribution in [3.63, 3.8) is 0 Å². The lowest BCUT2D eigenvalue weighted by molar-refractivity contribution is -0.705. The Bertz CT molecular complexity index is 1760. The van der Waals surface area contributed by atoms with E-state index >= 15 is 0 Å². The largest absolute Gasteiger partial charge is 1.00 e. The van der Waals surface area contributed by atoms with Crippen molar-refractivity contribution in [3.8, 4) is 0 Å². The number of alkyl halides is 4. The summed E-state index contributed by atoms with van der Waals surface area (Å²) in [7, 11) is 0. The number of halogens is 5. The predicted molar refractivity (Wildman–Crippen MR) is 152 cm³/mol. The smallest absolute Gasteiger partial charge is 0.263 e. The van der Waals surface area contributed by atoms with E-state index in [9.17, 15) is 22.7 Å². The van der Waals surface area contributed by atoms with Crippen LogP contribution in [-0.2, 0) is 0 Å². The lowest BCUT2D eigenvalue weighted by atomic mass is 9.92. The predicted octanol–water partition coefficient (Wildman–Crippen LogP) is 4.44. The standard InChI is InChI=1S/C20H15F2N2.C16H12F2O.BrH/c21-20(22)17-13-5-1-3-7-15(13)19(24-11-9-23-10-12-24)16-8-4-2-6-14(16)18(17)20;17-16(18)13-9-5-1-3-7-11(9)15(19)12-8-4-2-6-10(12)14(13)16;/h1-12,17-19H;1-8,13-15,19H;1H/q+1;;/p-1/t17-,18+,19?;13-,14+,15?;. The van der Waals surface area contributed by atoms with Crippen LogP contribution in [0.3, 0.4) is 0 Å². The Hall–Kier alpha value is -3.88. The Morgan fingerprint density at radius 1 is 0.500 bits per heavy atom. The van der Waals surface area contributed by atoms with E-state index in [1.807, 2.05) is 65.5 Å². The molecule has 3 nitrogen and oxygen atoms in total. The molecule has 2 saturated carbocycles. The van der Waals surface area contributed by atoms with Gasteiger partial charge in [0.1, 0.15) is 6.10 Å². The Morgan fingerprint density at radius 2 is 0.795 bits per heavy atom. The highest BCUT2D eigenvalue weighted by Crippen LogP contribution is 2.71. The van der Waals surface area contributed by atoms with Crippen LogP contribution in [-0.4, -0.2) is 21.9 Å². The van der Waals surface area contributed by atoms with Crippen LogP contribution in [0, 0.1) is 0 Å². The summed E-state index contributed by atoms with van der Waals surface area (Å²) < 4.78 is 59.3. The van der Waals surface area contributed by atoms with E-state index < -0.39 is 41.6 Å². The van der Waals surface area contributed by atoms with Gasteiger partial charge < -0.3 is 22.1 Å². The van der Waals surface area contributed by atoms with Gasteiger partial charge in [0.2, 0.25) is 6.04 Å². The molecule has 222 valence electrons. The molecule has 2 unspecified atom stereocenters. The summed E-state index contributed by atoms with van der Waals surface area (Å²) in [5.74, 6) is -8.39. The van der Waals surface area contributed by atoms with Gasteiger partial charge in [0.15, 0.2) is 12.4 Å². The molecule has 1 N–H and O–H groups in total. The highest BCUT2D eigenvalue weighted by atomic mass is 79.9. The van der Waals surface area contributed by atoms with Gasteiger partial charge in [-0.3, -0.25) is 4.98 Å². The average Bonchev–Trinajstić information content (AvgIpc) is 3.86. The summed E-state index contributed by atoms with van der Waals surface area (Å²) in [6, 6.07) is 29.1. The molecule has 5 aromatic rings. The van der Waals surface area contributed by atoms with E-state index in [1.165, 1.54) is 0 Å². The van der Waals surface area contributed by atoms with Crippen LogP contribution >= 0.6 is 0 Å². The number of hydrogen-bond donors (Lipinski definition) is 1. The molecular formula is C36H27BrF4N2O. The summed E-state index contributed by atoms with van der Waals surface area (Å²) in [6.45, 7) is 0. The fraction of sp³-hybridized carbons (Fsp3) is 0.222. The van der Waals surface area contributed by atoms with Crippen molar-refractivity contribution in [2.75, 3.05) is 0 Å². The molecule has 0 aliphatic heterocycles. The molecule has 0 radical (unpaired) electrons. The highest BCUT2D eigenvalue weighted by Gasteiger charge is 2.72. The van der Waals surface area contributed by atoms with Crippen LogP contribution in [0.5, 0.6) is 0 Å². The second kappa shape index (κ2) is 10.3. The van der Waals surface area contributed by atoms with Crippen molar-refractivity contribution < 1.29 is 44.2 Å². The lowest BCUT2D eigenvalue weighted by Crippen LogP contribution is -3.00. The summed E-state index contributed by atoms with van der Waals surface area (Å²) in [5.41, 5.74) is 5.81. The Labute approximate surface area is 262 Å². The Morgan fingerprint density at radius 3 is 1.16 bits per heavy atom. The fourth-order valence-electron chi connectivity index (χ4n) is 7.53. The van der Waals surface area contributed by atoms with E-state index in [-0.39, 0.29) is 23.0 Å². The molecule has 4 aromatic carbocycles. The molecule has 4 aliphatic carbocycles. The molecule has 2 fully saturated rings. The number of aliphatic hydroxyl groups is 1. The molecule has 44 heavy (non-hydrogen) atoms. The summed E-state index contributed by atoms with van der Waals surface area (Å²) >= 11 is 0. The van der Waals surface area contributed by atoms with Gasteiger partial charge in [-0.05, 0) is 33.4 Å². The summed E-state index contributed by atoms with van der Waals surface area (Å²) in [4.78, 5) is 4.08. The lowest BCUT2D eigenvalue weighted by Gasteiger charge is -2.18. The topological polar surface area (TPSA) is 37.0 Å². The van der Waals surface area contributed by atoms with Gasteiger partial charge in [-0.25, -0.2) is 17.6 Å². The highest BCUT2D eigenvalue weighted by molar-refractivity contribution is 5.56. The second-order valence-corrected chi connectivity index (χ2v) is 11.8. The second-order valence-electron chi connectivity index (χ2n) is 11.8. The zero-order valence-corrected chi connectivity index (χ0v) is 24.8. The number of fused-ring (bicyclic) bond motifs is 10. The van der Waals surface area contributed by atoms with E-state index in [0.717, 1.165) is 22.3 Å². The SMILES string of the molecule is FC1(F)[C@@H]2c3ccccc3C([n+]3ccncc3)c3ccccc3[C@@H]21.OC1c2ccccc2[C@@H]2[C@H](c3ccccc31)C2(F)F.[Br-]. The first-order chi connectivity index (χ1) is 20.8. The Kier molecular flexibility index (Phi) is 6.79. The number of hydrogen-bond acceptors (Lipinski definition) is 2. The van der Waals surface area contributed by atoms with Crippen molar-refractivity contribution in [1.82, 2.24) is 4.98 Å². The first-order valence-electron chi connectivity index (χ1n) is 14.4. The molecular weight excluding hydrogens is 632 g/mol. The minimum atomic E-state index is -2.70. The van der Waals surface area contributed by atoms with Crippen molar-refractivity contribution in [2.45, 2.75) is 47.7 Å². The first kappa shape index (κ1) is 28.9. The van der Waals surface area contributed by atoms with Crippen LogP contribution in [0.25, 0.3) is 0 Å². The van der Waals surface area contributed by atoms with Crippen LogP contribution in [0.15, 0.2) is 122 Å². The Balaban J connectivity index is 0.000000142. The third-order valence-electron chi connectivity index (χ3n) is 9.56. The van der Waals surface area contributed by atoms with Gasteiger partial charge in [0, 0.05) is 11.1 Å². The van der Waals surface area contributed by atoms with Gasteiger partial charge in [-0.15, -0.1) is 0 Å². The normalized spacial score (nSPS) is 26.9. The van der Waals surface area contributed by atoms with Gasteiger partial charge in [-0.2, -0.15) is 4.57 Å². The van der Waals surface area contributed by atoms with Crippen molar-refractivity contribution in [2.24, 2.45) is 0 Å². The van der Waals surface area contributed by atoms with Crippen LogP contribution in [0.4, 0.5) is 17.6 Å². The molecule has 0 bridgehead atoms. The zero-order valence-electron chi connectivity index (χ0n) is 23.2. The first-order valence-corrected chi connectivity index (χ1v) is 14.4. The van der Waals surface area contributed by atoms with Crippen LogP contribution in [0.1, 0.15) is 80.3 Å². The average molecular weight is 660 g/mol. The number of nitrogens with zero attached hydrogens (tertiary/aromatic N) is 2. The summed E-state index contributed by atoms with van der Waals surface area (Å²) in [5, 5.41) is 10.5. The molecule has 4 aliphatic rings. The number of rotatable bonds is 1. The van der Waals surface area contributed by atoms with E-state index in [1.54, 1.807) is 60.9 Å². The van der Waals surface area contributed by atoms with Gasteiger partial charge >= 0.3 is 0 Å². The third-order valence-corrected chi connectivity index (χ3v) is 9.56. The number of aromatic nitrogens is 2. The maximum atomic E-state index is 14.6. The number of aliphatic hydroxyl groups excluding tert-OH is 1. The molecule has 1 heterocycles. The minimum Gasteiger partial charge on any atom is -1.00 e. The van der Waals surface area contributed by atoms with Gasteiger partial charge in [0.05, 0.1) is 36.1 Å². The summed E-state index contributed by atoms with van der Waals surface area (Å²) in [6.07, 6.45) is 6.44. The molecule has 0 spiro atoms. The van der Waals surface area contributed by atoms with Crippen LogP contribution in [0.2, 0.25) is 0 Å². The monoisotopic (exact) mass is 658 g/mol. The van der Waals surface area contributed by atoms with Gasteiger partial charge in [0.25, 0.3) is 11.8 Å². The van der Waals surface area contributed by atoms with E-state index in [4.69, 9.17) is 0 Å². The van der Waals surface area contributed by atoms with Crippen LogP contribution < -0.4 is 21.5 Å². The van der Waals surface area contributed by atoms with Crippen molar-refractivity contribution >= 4 is 0 Å². The zero-order chi connectivity index (χ0) is 29.5. The molecule has 0 saturated heterocycles. The maximum Gasteiger partial charge on any atom is 0.263 e.